The molecule has 1 aromatic carbocycles. The van der Waals surface area contributed by atoms with Crippen LogP contribution in [-0.4, -0.2) is 47.4 Å². The topological polar surface area (TPSA) is 91.1 Å². The predicted octanol–water partition coefficient (Wildman–Crippen LogP) is 1.99. The number of aromatic carboxylic acids is 1. The summed E-state index contributed by atoms with van der Waals surface area (Å²) in [6, 6.07) is 7.57. The van der Waals surface area contributed by atoms with Crippen LogP contribution in [-0.2, 0) is 4.79 Å². The van der Waals surface area contributed by atoms with Crippen LogP contribution in [0.1, 0.15) is 27.5 Å². The van der Waals surface area contributed by atoms with Gasteiger partial charge in [-0.15, -0.1) is 0 Å². The highest BCUT2D eigenvalue weighted by atomic mass is 19.1. The predicted molar refractivity (Wildman–Crippen MR) is 84.9 cm³/mol. The fourth-order valence-electron chi connectivity index (χ4n) is 2.82. The molecule has 8 heteroatoms. The zero-order valence-corrected chi connectivity index (χ0v) is 13.3. The summed E-state index contributed by atoms with van der Waals surface area (Å²) in [6.45, 7) is 0.278. The number of hydrogen-bond acceptors (Lipinski definition) is 4. The van der Waals surface area contributed by atoms with E-state index in [1.54, 1.807) is 6.07 Å². The van der Waals surface area contributed by atoms with Crippen LogP contribution in [0.4, 0.5) is 10.1 Å². The molecule has 0 saturated carbocycles. The normalized spacial score (nSPS) is 17.0. The molecule has 1 N–H and O–H groups in total. The molecule has 130 valence electrons. The third-order valence-electron chi connectivity index (χ3n) is 4.14. The number of halogens is 1. The third kappa shape index (κ3) is 2.98. The summed E-state index contributed by atoms with van der Waals surface area (Å²) in [7, 11) is 1.43. The van der Waals surface area contributed by atoms with E-state index in [0.29, 0.717) is 6.42 Å². The van der Waals surface area contributed by atoms with E-state index >= 15 is 0 Å². The minimum absolute atomic E-state index is 0.169. The first-order valence-corrected chi connectivity index (χ1v) is 7.56. The number of nitrogens with zero attached hydrogens (tertiary/aromatic N) is 2. The highest BCUT2D eigenvalue weighted by Crippen LogP contribution is 2.27. The SMILES string of the molecule is CN(C(=O)c1ccc(C(=O)O)o1)[C@H]1CCN(c2ccccc2F)C1=O. The first-order valence-electron chi connectivity index (χ1n) is 7.56. The lowest BCUT2D eigenvalue weighted by molar-refractivity contribution is -0.120. The Morgan fingerprint density at radius 3 is 2.56 bits per heavy atom. The Balaban J connectivity index is 1.78. The van der Waals surface area contributed by atoms with E-state index in [1.807, 2.05) is 0 Å². The molecule has 1 aliphatic rings. The molecule has 1 aromatic heterocycles. The number of furan rings is 1. The fraction of sp³-hybridized carbons (Fsp3) is 0.235. The van der Waals surface area contributed by atoms with Crippen molar-refractivity contribution >= 4 is 23.5 Å². The highest BCUT2D eigenvalue weighted by molar-refractivity contribution is 6.03. The summed E-state index contributed by atoms with van der Waals surface area (Å²) < 4.78 is 18.9. The number of hydrogen-bond donors (Lipinski definition) is 1. The van der Waals surface area contributed by atoms with Gasteiger partial charge in [0, 0.05) is 13.6 Å². The molecule has 0 aliphatic carbocycles. The number of anilines is 1. The van der Waals surface area contributed by atoms with E-state index in [0.717, 1.165) is 0 Å². The van der Waals surface area contributed by atoms with Crippen LogP contribution < -0.4 is 4.90 Å². The van der Waals surface area contributed by atoms with E-state index in [2.05, 4.69) is 0 Å². The zero-order valence-electron chi connectivity index (χ0n) is 13.3. The average molecular weight is 346 g/mol. The molecule has 1 saturated heterocycles. The van der Waals surface area contributed by atoms with Gasteiger partial charge in [-0.3, -0.25) is 9.59 Å². The molecule has 7 nitrogen and oxygen atoms in total. The molecular formula is C17H15FN2O5. The number of carbonyl (C=O) groups excluding carboxylic acids is 2. The lowest BCUT2D eigenvalue weighted by Crippen LogP contribution is -2.43. The van der Waals surface area contributed by atoms with Crippen molar-refractivity contribution in [3.63, 3.8) is 0 Å². The van der Waals surface area contributed by atoms with E-state index in [9.17, 15) is 18.8 Å². The number of rotatable bonds is 4. The van der Waals surface area contributed by atoms with Crippen molar-refractivity contribution in [1.29, 1.82) is 0 Å². The van der Waals surface area contributed by atoms with Crippen LogP contribution in [0.15, 0.2) is 40.8 Å². The van der Waals surface area contributed by atoms with Gasteiger partial charge in [0.15, 0.2) is 5.76 Å². The van der Waals surface area contributed by atoms with E-state index in [1.165, 1.54) is 47.2 Å². The summed E-state index contributed by atoms with van der Waals surface area (Å²) in [5.41, 5.74) is 0.169. The summed E-state index contributed by atoms with van der Waals surface area (Å²) in [5, 5.41) is 8.84. The Labute approximate surface area is 142 Å². The van der Waals surface area contributed by atoms with Crippen molar-refractivity contribution in [2.45, 2.75) is 12.5 Å². The molecule has 0 bridgehead atoms. The minimum atomic E-state index is -1.29. The van der Waals surface area contributed by atoms with Crippen molar-refractivity contribution in [2.24, 2.45) is 0 Å². The largest absolute Gasteiger partial charge is 0.475 e. The van der Waals surface area contributed by atoms with Crippen molar-refractivity contribution in [2.75, 3.05) is 18.5 Å². The summed E-state index contributed by atoms with van der Waals surface area (Å²) >= 11 is 0. The molecule has 1 aliphatic heterocycles. The molecule has 0 spiro atoms. The molecule has 2 aromatic rings. The van der Waals surface area contributed by atoms with Crippen molar-refractivity contribution in [3.05, 3.63) is 53.7 Å². The Kier molecular flexibility index (Phi) is 4.26. The van der Waals surface area contributed by atoms with Crippen LogP contribution in [0.25, 0.3) is 0 Å². The second-order valence-corrected chi connectivity index (χ2v) is 5.63. The monoisotopic (exact) mass is 346 g/mol. The number of carboxylic acid groups (broad SMARTS) is 1. The van der Waals surface area contributed by atoms with Crippen LogP contribution in [0.3, 0.4) is 0 Å². The Morgan fingerprint density at radius 2 is 1.92 bits per heavy atom. The second kappa shape index (κ2) is 6.39. The van der Waals surface area contributed by atoms with Crippen molar-refractivity contribution in [3.8, 4) is 0 Å². The van der Waals surface area contributed by atoms with Crippen molar-refractivity contribution < 1.29 is 28.3 Å². The van der Waals surface area contributed by atoms with Gasteiger partial charge in [0.2, 0.25) is 11.7 Å². The molecule has 0 unspecified atom stereocenters. The van der Waals surface area contributed by atoms with Crippen LogP contribution in [0.2, 0.25) is 0 Å². The molecule has 1 fully saturated rings. The zero-order chi connectivity index (χ0) is 18.1. The van der Waals surface area contributed by atoms with Gasteiger partial charge in [-0.2, -0.15) is 0 Å². The first-order chi connectivity index (χ1) is 11.9. The fourth-order valence-corrected chi connectivity index (χ4v) is 2.82. The van der Waals surface area contributed by atoms with Gasteiger partial charge in [0.25, 0.3) is 5.91 Å². The molecule has 1 atom stereocenters. The van der Waals surface area contributed by atoms with E-state index in [4.69, 9.17) is 9.52 Å². The lowest BCUT2D eigenvalue weighted by Gasteiger charge is -2.23. The van der Waals surface area contributed by atoms with Crippen LogP contribution in [0, 0.1) is 5.82 Å². The number of benzene rings is 1. The number of carbonyl (C=O) groups is 3. The molecular weight excluding hydrogens is 331 g/mol. The van der Waals surface area contributed by atoms with Gasteiger partial charge in [0.05, 0.1) is 5.69 Å². The maximum absolute atomic E-state index is 13.9. The summed E-state index contributed by atoms with van der Waals surface area (Å²) in [4.78, 5) is 38.3. The maximum Gasteiger partial charge on any atom is 0.371 e. The maximum atomic E-state index is 13.9. The smallest absolute Gasteiger partial charge is 0.371 e. The Bertz CT molecular complexity index is 847. The average Bonchev–Trinajstić information content (AvgIpc) is 3.21. The molecule has 2 amide bonds. The number of amides is 2. The number of likely N-dealkylation sites (N-methyl/N-ethyl adjacent to an activating group) is 1. The molecule has 25 heavy (non-hydrogen) atoms. The van der Waals surface area contributed by atoms with Gasteiger partial charge in [0.1, 0.15) is 11.9 Å². The second-order valence-electron chi connectivity index (χ2n) is 5.63. The van der Waals surface area contributed by atoms with Gasteiger partial charge in [-0.25, -0.2) is 9.18 Å². The van der Waals surface area contributed by atoms with Crippen molar-refractivity contribution in [1.82, 2.24) is 4.90 Å². The highest BCUT2D eigenvalue weighted by Gasteiger charge is 2.38. The Hall–Kier alpha value is -3.16. The first kappa shape index (κ1) is 16.7. The van der Waals surface area contributed by atoms with Crippen LogP contribution >= 0.6 is 0 Å². The lowest BCUT2D eigenvalue weighted by atomic mass is 10.2. The van der Waals surface area contributed by atoms with Gasteiger partial charge in [-0.1, -0.05) is 12.1 Å². The molecule has 2 heterocycles. The Morgan fingerprint density at radius 1 is 1.24 bits per heavy atom. The number of carboxylic acids is 1. The van der Waals surface area contributed by atoms with Gasteiger partial charge < -0.3 is 19.3 Å². The summed E-state index contributed by atoms with van der Waals surface area (Å²) in [6.07, 6.45) is 0.335. The third-order valence-corrected chi connectivity index (χ3v) is 4.14. The quantitative estimate of drug-likeness (QED) is 0.914. The van der Waals surface area contributed by atoms with E-state index < -0.39 is 29.6 Å². The number of para-hydroxylation sites is 1. The standard InChI is InChI=1S/C17H15FN2O5/c1-19(16(22)13-6-7-14(25-13)17(23)24)12-8-9-20(15(12)21)11-5-3-2-4-10(11)18/h2-7,12H,8-9H2,1H3,(H,23,24)/t12-/m0/s1. The van der Waals surface area contributed by atoms with E-state index in [-0.39, 0.29) is 23.8 Å². The van der Waals surface area contributed by atoms with Gasteiger partial charge in [-0.05, 0) is 30.7 Å². The summed E-state index contributed by atoms with van der Waals surface area (Å²) in [5.74, 6) is -3.33. The van der Waals surface area contributed by atoms with Gasteiger partial charge >= 0.3 is 5.97 Å². The van der Waals surface area contributed by atoms with Crippen LogP contribution in [0.5, 0.6) is 0 Å². The molecule has 0 radical (unpaired) electrons. The molecule has 3 rings (SSSR count). The minimum Gasteiger partial charge on any atom is -0.475 e.